The zero-order chi connectivity index (χ0) is 17.4. The van der Waals surface area contributed by atoms with Crippen LogP contribution in [0.4, 0.5) is 0 Å². The number of carbonyl (C=O) groups is 3. The van der Waals surface area contributed by atoms with Crippen LogP contribution in [0.5, 0.6) is 0 Å². The van der Waals surface area contributed by atoms with Gasteiger partial charge < -0.3 is 15.4 Å². The lowest BCUT2D eigenvalue weighted by molar-refractivity contribution is -0.136. The number of methoxy groups -OCH3 is 1. The first-order valence-electron chi connectivity index (χ1n) is 7.12. The van der Waals surface area contributed by atoms with Gasteiger partial charge in [0.05, 0.1) is 7.11 Å². The van der Waals surface area contributed by atoms with Gasteiger partial charge in [-0.15, -0.1) is 0 Å². The van der Waals surface area contributed by atoms with E-state index >= 15 is 0 Å². The lowest BCUT2D eigenvalue weighted by Gasteiger charge is -2.09. The lowest BCUT2D eigenvalue weighted by atomic mass is 10.2. The summed E-state index contributed by atoms with van der Waals surface area (Å²) in [5.74, 6) is -1.67. The average Bonchev–Trinajstić information content (AvgIpc) is 2.65. The summed E-state index contributed by atoms with van der Waals surface area (Å²) in [5.41, 5.74) is 0.629. The first-order valence-corrected chi connectivity index (χ1v) is 7.12. The Hall–Kier alpha value is -3.41. The lowest BCUT2D eigenvalue weighted by Crippen LogP contribution is -2.30. The van der Waals surface area contributed by atoms with E-state index in [9.17, 15) is 14.4 Å². The van der Waals surface area contributed by atoms with Gasteiger partial charge in [-0.2, -0.15) is 0 Å². The van der Waals surface area contributed by atoms with Crippen molar-refractivity contribution in [3.63, 3.8) is 0 Å². The molecule has 122 valence electrons. The number of esters is 1. The number of ether oxygens (including phenoxy) is 1. The van der Waals surface area contributed by atoms with Crippen LogP contribution in [-0.2, 0) is 9.53 Å². The third-order valence-corrected chi connectivity index (χ3v) is 3.07. The SMILES string of the molecule is COC(=O)/C(=C/NC(=O)c1ccccc1)NC(=O)c1ccccc1. The summed E-state index contributed by atoms with van der Waals surface area (Å²) in [6.07, 6.45) is 1.11. The first-order chi connectivity index (χ1) is 11.6. The second-order valence-electron chi connectivity index (χ2n) is 4.71. The largest absolute Gasteiger partial charge is 0.464 e. The van der Waals surface area contributed by atoms with E-state index in [0.717, 1.165) is 6.20 Å². The molecule has 0 aliphatic heterocycles. The summed E-state index contributed by atoms with van der Waals surface area (Å²) in [7, 11) is 1.18. The molecular formula is C18H16N2O4. The van der Waals surface area contributed by atoms with Gasteiger partial charge in [0.25, 0.3) is 11.8 Å². The quantitative estimate of drug-likeness (QED) is 0.649. The second-order valence-corrected chi connectivity index (χ2v) is 4.71. The molecule has 24 heavy (non-hydrogen) atoms. The van der Waals surface area contributed by atoms with E-state index in [-0.39, 0.29) is 5.70 Å². The van der Waals surface area contributed by atoms with Gasteiger partial charge in [0, 0.05) is 17.3 Å². The minimum absolute atomic E-state index is 0.171. The molecule has 0 aliphatic rings. The van der Waals surface area contributed by atoms with Crippen LogP contribution >= 0.6 is 0 Å². The summed E-state index contributed by atoms with van der Waals surface area (Å²) < 4.78 is 4.61. The topological polar surface area (TPSA) is 84.5 Å². The third kappa shape index (κ3) is 4.54. The summed E-state index contributed by atoms with van der Waals surface area (Å²) in [6, 6.07) is 16.9. The summed E-state index contributed by atoms with van der Waals surface area (Å²) in [6.45, 7) is 0. The Morgan fingerprint density at radius 1 is 0.833 bits per heavy atom. The zero-order valence-corrected chi connectivity index (χ0v) is 13.0. The first kappa shape index (κ1) is 17.0. The van der Waals surface area contributed by atoms with E-state index in [2.05, 4.69) is 15.4 Å². The standard InChI is InChI=1S/C18H16N2O4/c1-24-18(23)15(20-17(22)14-10-6-3-7-11-14)12-19-16(21)13-8-4-2-5-9-13/h2-12H,1H3,(H,19,21)(H,20,22)/b15-12-. The van der Waals surface area contributed by atoms with Crippen LogP contribution in [-0.4, -0.2) is 24.9 Å². The van der Waals surface area contributed by atoms with Gasteiger partial charge in [-0.1, -0.05) is 36.4 Å². The highest BCUT2D eigenvalue weighted by Crippen LogP contribution is 2.02. The minimum atomic E-state index is -0.771. The second kappa shape index (κ2) is 8.28. The highest BCUT2D eigenvalue weighted by Gasteiger charge is 2.15. The van der Waals surface area contributed by atoms with Crippen LogP contribution in [0.3, 0.4) is 0 Å². The molecule has 2 aromatic carbocycles. The Labute approximate surface area is 139 Å². The van der Waals surface area contributed by atoms with E-state index in [1.54, 1.807) is 60.7 Å². The predicted octanol–water partition coefficient (Wildman–Crippen LogP) is 1.86. The van der Waals surface area contributed by atoms with E-state index in [1.165, 1.54) is 7.11 Å². The normalized spacial score (nSPS) is 10.6. The molecule has 0 heterocycles. The molecule has 0 spiro atoms. The van der Waals surface area contributed by atoms with Gasteiger partial charge in [0.2, 0.25) is 0 Å². The molecule has 0 aromatic heterocycles. The molecule has 2 rings (SSSR count). The molecule has 6 nitrogen and oxygen atoms in total. The summed E-state index contributed by atoms with van der Waals surface area (Å²) in [5, 5.41) is 4.88. The maximum atomic E-state index is 12.1. The van der Waals surface area contributed by atoms with Crippen molar-refractivity contribution in [1.29, 1.82) is 0 Å². The van der Waals surface area contributed by atoms with Crippen molar-refractivity contribution < 1.29 is 19.1 Å². The number of carbonyl (C=O) groups excluding carboxylic acids is 3. The van der Waals surface area contributed by atoms with Crippen LogP contribution in [0.25, 0.3) is 0 Å². The smallest absolute Gasteiger partial charge is 0.356 e. The molecule has 2 amide bonds. The predicted molar refractivity (Wildman–Crippen MR) is 87.9 cm³/mol. The van der Waals surface area contributed by atoms with Crippen molar-refractivity contribution in [2.45, 2.75) is 0 Å². The minimum Gasteiger partial charge on any atom is -0.464 e. The van der Waals surface area contributed by atoms with Crippen LogP contribution < -0.4 is 10.6 Å². The van der Waals surface area contributed by atoms with E-state index < -0.39 is 17.8 Å². The Morgan fingerprint density at radius 2 is 1.33 bits per heavy atom. The molecule has 0 radical (unpaired) electrons. The fourth-order valence-corrected chi connectivity index (χ4v) is 1.85. The fraction of sp³-hybridized carbons (Fsp3) is 0.0556. The number of nitrogens with one attached hydrogen (secondary N) is 2. The van der Waals surface area contributed by atoms with E-state index in [1.807, 2.05) is 0 Å². The number of amides is 2. The highest BCUT2D eigenvalue weighted by molar-refractivity contribution is 6.01. The van der Waals surface area contributed by atoms with Crippen molar-refractivity contribution in [2.75, 3.05) is 7.11 Å². The maximum absolute atomic E-state index is 12.1. The van der Waals surface area contributed by atoms with E-state index in [0.29, 0.717) is 11.1 Å². The molecule has 2 aromatic rings. The Kier molecular flexibility index (Phi) is 5.85. The van der Waals surface area contributed by atoms with Crippen molar-refractivity contribution in [1.82, 2.24) is 10.6 Å². The highest BCUT2D eigenvalue weighted by atomic mass is 16.5. The maximum Gasteiger partial charge on any atom is 0.356 e. The number of hydrogen-bond donors (Lipinski definition) is 2. The molecule has 0 saturated carbocycles. The number of rotatable bonds is 5. The van der Waals surface area contributed by atoms with Crippen LogP contribution in [0, 0.1) is 0 Å². The molecule has 0 unspecified atom stereocenters. The molecule has 0 fully saturated rings. The zero-order valence-electron chi connectivity index (χ0n) is 13.0. The molecular weight excluding hydrogens is 308 g/mol. The number of hydrogen-bond acceptors (Lipinski definition) is 4. The number of benzene rings is 2. The van der Waals surface area contributed by atoms with Gasteiger partial charge in [0.1, 0.15) is 5.70 Å². The van der Waals surface area contributed by atoms with Crippen molar-refractivity contribution >= 4 is 17.8 Å². The summed E-state index contributed by atoms with van der Waals surface area (Å²) >= 11 is 0. The van der Waals surface area contributed by atoms with Crippen molar-refractivity contribution in [3.05, 3.63) is 83.7 Å². The fourth-order valence-electron chi connectivity index (χ4n) is 1.85. The third-order valence-electron chi connectivity index (χ3n) is 3.07. The van der Waals surface area contributed by atoms with Crippen molar-refractivity contribution in [3.8, 4) is 0 Å². The van der Waals surface area contributed by atoms with Gasteiger partial charge in [-0.05, 0) is 24.3 Å². The van der Waals surface area contributed by atoms with Crippen LogP contribution in [0.1, 0.15) is 20.7 Å². The average molecular weight is 324 g/mol. The van der Waals surface area contributed by atoms with Crippen LogP contribution in [0.2, 0.25) is 0 Å². The molecule has 2 N–H and O–H groups in total. The van der Waals surface area contributed by atoms with Crippen LogP contribution in [0.15, 0.2) is 72.6 Å². The molecule has 0 atom stereocenters. The molecule has 0 saturated heterocycles. The monoisotopic (exact) mass is 324 g/mol. The van der Waals surface area contributed by atoms with Crippen molar-refractivity contribution in [2.24, 2.45) is 0 Å². The summed E-state index contributed by atoms with van der Waals surface area (Å²) in [4.78, 5) is 35.9. The molecule has 0 aliphatic carbocycles. The Morgan fingerprint density at radius 3 is 1.83 bits per heavy atom. The Balaban J connectivity index is 2.12. The van der Waals surface area contributed by atoms with Gasteiger partial charge in [0.15, 0.2) is 0 Å². The molecule has 0 bridgehead atoms. The van der Waals surface area contributed by atoms with E-state index in [4.69, 9.17) is 0 Å². The Bertz CT molecular complexity index is 755. The van der Waals surface area contributed by atoms with Gasteiger partial charge in [-0.3, -0.25) is 9.59 Å². The molecule has 6 heteroatoms. The van der Waals surface area contributed by atoms with Gasteiger partial charge in [-0.25, -0.2) is 4.79 Å². The van der Waals surface area contributed by atoms with Gasteiger partial charge >= 0.3 is 5.97 Å².